The molecule has 0 atom stereocenters. The Balaban J connectivity index is 3.24. The predicted octanol–water partition coefficient (Wildman–Crippen LogP) is 2.05. The van der Waals surface area contributed by atoms with E-state index in [0.717, 1.165) is 0 Å². The third-order valence-electron chi connectivity index (χ3n) is 2.51. The van der Waals surface area contributed by atoms with Crippen LogP contribution in [0.3, 0.4) is 0 Å². The van der Waals surface area contributed by atoms with Crippen molar-refractivity contribution in [2.24, 2.45) is 0 Å². The van der Waals surface area contributed by atoms with Gasteiger partial charge >= 0.3 is 5.97 Å². The minimum absolute atomic E-state index is 0.137. The smallest absolute Gasteiger partial charge is 0.304 e. The van der Waals surface area contributed by atoms with Crippen molar-refractivity contribution >= 4 is 11.7 Å². The molecule has 0 aliphatic carbocycles. The molecule has 92 valence electrons. The lowest BCUT2D eigenvalue weighted by atomic mass is 9.81. The molecule has 0 amide bonds. The van der Waals surface area contributed by atoms with E-state index in [4.69, 9.17) is 5.11 Å². The summed E-state index contributed by atoms with van der Waals surface area (Å²) in [6.07, 6.45) is -0.221. The fourth-order valence-electron chi connectivity index (χ4n) is 1.65. The minimum atomic E-state index is -1.03. The van der Waals surface area contributed by atoms with Crippen LogP contribution >= 0.6 is 0 Å². The average molecular weight is 239 g/mol. The maximum Gasteiger partial charge on any atom is 0.304 e. The number of aromatic hydroxyl groups is 1. The van der Waals surface area contributed by atoms with Gasteiger partial charge in [0, 0.05) is 23.1 Å². The number of non-ortho nitro benzene ring substituents is 1. The topological polar surface area (TPSA) is 101 Å². The maximum atomic E-state index is 10.7. The van der Waals surface area contributed by atoms with Gasteiger partial charge in [0.05, 0.1) is 11.3 Å². The first-order chi connectivity index (χ1) is 7.74. The number of rotatable bonds is 4. The Morgan fingerprint density at radius 3 is 2.53 bits per heavy atom. The number of nitrogens with zero attached hydrogens (tertiary/aromatic N) is 1. The quantitative estimate of drug-likeness (QED) is 0.618. The van der Waals surface area contributed by atoms with Crippen LogP contribution in [-0.2, 0) is 10.2 Å². The Hall–Kier alpha value is -2.11. The Morgan fingerprint density at radius 2 is 2.06 bits per heavy atom. The van der Waals surface area contributed by atoms with Gasteiger partial charge in [-0.1, -0.05) is 13.8 Å². The van der Waals surface area contributed by atoms with Gasteiger partial charge in [0.25, 0.3) is 5.69 Å². The van der Waals surface area contributed by atoms with Gasteiger partial charge < -0.3 is 10.2 Å². The number of carboxylic acids is 1. The predicted molar refractivity (Wildman–Crippen MR) is 60.0 cm³/mol. The first-order valence-electron chi connectivity index (χ1n) is 4.94. The molecule has 0 heterocycles. The minimum Gasteiger partial charge on any atom is -0.508 e. The van der Waals surface area contributed by atoms with Crippen LogP contribution in [0.4, 0.5) is 5.69 Å². The summed E-state index contributed by atoms with van der Waals surface area (Å²) < 4.78 is 0. The number of aliphatic carboxylic acids is 1. The van der Waals surface area contributed by atoms with Gasteiger partial charge in [-0.25, -0.2) is 0 Å². The van der Waals surface area contributed by atoms with E-state index in [1.54, 1.807) is 13.8 Å². The zero-order valence-electron chi connectivity index (χ0n) is 9.51. The van der Waals surface area contributed by atoms with Crippen LogP contribution in [0.15, 0.2) is 18.2 Å². The van der Waals surface area contributed by atoms with Crippen LogP contribution in [0, 0.1) is 10.1 Å². The van der Waals surface area contributed by atoms with Gasteiger partial charge in [0.15, 0.2) is 0 Å². The van der Waals surface area contributed by atoms with Gasteiger partial charge in [-0.05, 0) is 6.07 Å². The van der Waals surface area contributed by atoms with Crippen molar-refractivity contribution in [3.8, 4) is 5.75 Å². The zero-order chi connectivity index (χ0) is 13.2. The third-order valence-corrected chi connectivity index (χ3v) is 2.51. The highest BCUT2D eigenvalue weighted by molar-refractivity contribution is 5.69. The van der Waals surface area contributed by atoms with Crippen molar-refractivity contribution in [3.05, 3.63) is 33.9 Å². The number of carboxylic acid groups (broad SMARTS) is 1. The molecule has 0 bridgehead atoms. The second kappa shape index (κ2) is 4.40. The van der Waals surface area contributed by atoms with E-state index in [-0.39, 0.29) is 23.4 Å². The molecule has 6 nitrogen and oxygen atoms in total. The summed E-state index contributed by atoms with van der Waals surface area (Å²) in [5.74, 6) is -1.16. The normalized spacial score (nSPS) is 11.2. The highest BCUT2D eigenvalue weighted by Gasteiger charge is 2.28. The van der Waals surface area contributed by atoms with E-state index in [1.165, 1.54) is 18.2 Å². The Bertz CT molecular complexity index is 467. The molecule has 0 saturated carbocycles. The van der Waals surface area contributed by atoms with Crippen LogP contribution in [0.5, 0.6) is 5.75 Å². The van der Waals surface area contributed by atoms with E-state index >= 15 is 0 Å². The van der Waals surface area contributed by atoms with Crippen LogP contribution in [0.1, 0.15) is 25.8 Å². The van der Waals surface area contributed by atoms with Gasteiger partial charge in [-0.15, -0.1) is 0 Å². The molecule has 0 aliphatic heterocycles. The first kappa shape index (κ1) is 13.0. The summed E-state index contributed by atoms with van der Waals surface area (Å²) in [6.45, 7) is 3.22. The summed E-state index contributed by atoms with van der Waals surface area (Å²) >= 11 is 0. The summed E-state index contributed by atoms with van der Waals surface area (Å²) in [6, 6.07) is 3.59. The number of carbonyl (C=O) groups is 1. The van der Waals surface area contributed by atoms with Gasteiger partial charge in [0.2, 0.25) is 0 Å². The molecule has 0 unspecified atom stereocenters. The summed E-state index contributed by atoms with van der Waals surface area (Å²) in [7, 11) is 0. The molecule has 1 aromatic carbocycles. The molecular weight excluding hydrogens is 226 g/mol. The largest absolute Gasteiger partial charge is 0.508 e. The number of hydrogen-bond acceptors (Lipinski definition) is 4. The number of benzene rings is 1. The maximum absolute atomic E-state index is 10.7. The number of phenolic OH excluding ortho intramolecular Hbond substituents is 1. The number of hydrogen-bond donors (Lipinski definition) is 2. The summed E-state index contributed by atoms with van der Waals surface area (Å²) in [5, 5.41) is 29.0. The molecule has 0 fully saturated rings. The number of phenols is 1. The van der Waals surface area contributed by atoms with Crippen LogP contribution < -0.4 is 0 Å². The second-order valence-electron chi connectivity index (χ2n) is 4.41. The lowest BCUT2D eigenvalue weighted by Gasteiger charge is -2.23. The molecule has 0 spiro atoms. The molecule has 0 aliphatic rings. The fourth-order valence-corrected chi connectivity index (χ4v) is 1.65. The zero-order valence-corrected chi connectivity index (χ0v) is 9.51. The van der Waals surface area contributed by atoms with E-state index < -0.39 is 16.3 Å². The summed E-state index contributed by atoms with van der Waals surface area (Å²) in [5.41, 5.74) is -0.785. The molecule has 0 aromatic heterocycles. The third kappa shape index (κ3) is 2.93. The van der Waals surface area contributed by atoms with Crippen molar-refractivity contribution in [2.75, 3.05) is 0 Å². The molecular formula is C11H13NO5. The Labute approximate surface area is 97.7 Å². The molecule has 17 heavy (non-hydrogen) atoms. The van der Waals surface area contributed by atoms with Crippen LogP contribution in [0.25, 0.3) is 0 Å². The Kier molecular flexibility index (Phi) is 3.36. The lowest BCUT2D eigenvalue weighted by molar-refractivity contribution is -0.385. The lowest BCUT2D eigenvalue weighted by Crippen LogP contribution is -2.21. The van der Waals surface area contributed by atoms with E-state index in [1.807, 2.05) is 0 Å². The molecule has 2 N–H and O–H groups in total. The van der Waals surface area contributed by atoms with Crippen LogP contribution in [-0.4, -0.2) is 21.1 Å². The van der Waals surface area contributed by atoms with Crippen molar-refractivity contribution < 1.29 is 19.9 Å². The molecule has 6 heteroatoms. The van der Waals surface area contributed by atoms with Gasteiger partial charge in [-0.2, -0.15) is 0 Å². The van der Waals surface area contributed by atoms with Crippen molar-refractivity contribution in [3.63, 3.8) is 0 Å². The van der Waals surface area contributed by atoms with E-state index in [2.05, 4.69) is 0 Å². The van der Waals surface area contributed by atoms with Crippen molar-refractivity contribution in [2.45, 2.75) is 25.7 Å². The Morgan fingerprint density at radius 1 is 1.47 bits per heavy atom. The van der Waals surface area contributed by atoms with E-state index in [0.29, 0.717) is 0 Å². The number of nitro benzene ring substituents is 1. The highest BCUT2D eigenvalue weighted by atomic mass is 16.6. The fraction of sp³-hybridized carbons (Fsp3) is 0.364. The molecule has 1 aromatic rings. The van der Waals surface area contributed by atoms with Gasteiger partial charge in [-0.3, -0.25) is 14.9 Å². The summed E-state index contributed by atoms with van der Waals surface area (Å²) in [4.78, 5) is 20.7. The van der Waals surface area contributed by atoms with Crippen molar-refractivity contribution in [1.29, 1.82) is 0 Å². The van der Waals surface area contributed by atoms with E-state index in [9.17, 15) is 20.0 Å². The first-order valence-corrected chi connectivity index (χ1v) is 4.94. The average Bonchev–Trinajstić information content (AvgIpc) is 2.15. The second-order valence-corrected chi connectivity index (χ2v) is 4.41. The standard InChI is InChI=1S/C11H13NO5/c1-11(2,6-10(14)15)8-5-7(12(16)17)3-4-9(8)13/h3-5,13H,6H2,1-2H3,(H,14,15). The SMILES string of the molecule is CC(C)(CC(=O)O)c1cc([N+](=O)[O-])ccc1O. The molecule has 1 rings (SSSR count). The van der Waals surface area contributed by atoms with Crippen LogP contribution in [0.2, 0.25) is 0 Å². The van der Waals surface area contributed by atoms with Gasteiger partial charge in [0.1, 0.15) is 5.75 Å². The molecule has 0 radical (unpaired) electrons. The monoisotopic (exact) mass is 239 g/mol. The number of nitro groups is 1. The van der Waals surface area contributed by atoms with Crippen molar-refractivity contribution in [1.82, 2.24) is 0 Å². The molecule has 0 saturated heterocycles. The highest BCUT2D eigenvalue weighted by Crippen LogP contribution is 2.35.